The van der Waals surface area contributed by atoms with Crippen LogP contribution in [0.5, 0.6) is 0 Å². The van der Waals surface area contributed by atoms with Crippen molar-refractivity contribution in [3.05, 3.63) is 35.9 Å². The van der Waals surface area contributed by atoms with Gasteiger partial charge in [0.2, 0.25) is 0 Å². The van der Waals surface area contributed by atoms with Crippen molar-refractivity contribution in [2.75, 3.05) is 13.6 Å². The second kappa shape index (κ2) is 5.71. The Hall–Kier alpha value is -1.51. The zero-order valence-electron chi connectivity index (χ0n) is 11.2. The largest absolute Gasteiger partial charge is 0.341 e. The van der Waals surface area contributed by atoms with E-state index in [2.05, 4.69) is 26.1 Å². The average Bonchev–Trinajstić information content (AvgIpc) is 2.27. The zero-order chi connectivity index (χ0) is 12.9. The predicted octanol–water partition coefficient (Wildman–Crippen LogP) is 2.87. The average molecular weight is 234 g/mol. The summed E-state index contributed by atoms with van der Waals surface area (Å²) < 4.78 is 0. The lowest BCUT2D eigenvalue weighted by atomic mass is 9.96. The summed E-state index contributed by atoms with van der Waals surface area (Å²) in [4.78, 5) is 13.7. The van der Waals surface area contributed by atoms with Gasteiger partial charge in [0.05, 0.1) is 0 Å². The first-order chi connectivity index (χ1) is 7.92. The van der Waals surface area contributed by atoms with Gasteiger partial charge in [-0.2, -0.15) is 0 Å². The van der Waals surface area contributed by atoms with Crippen LogP contribution in [-0.4, -0.2) is 24.5 Å². The van der Waals surface area contributed by atoms with Gasteiger partial charge < -0.3 is 10.2 Å². The molecule has 0 aliphatic carbocycles. The Morgan fingerprint density at radius 3 is 2.29 bits per heavy atom. The lowest BCUT2D eigenvalue weighted by Gasteiger charge is -2.29. The van der Waals surface area contributed by atoms with E-state index in [1.54, 1.807) is 7.05 Å². The predicted molar refractivity (Wildman–Crippen MR) is 70.8 cm³/mol. The van der Waals surface area contributed by atoms with E-state index >= 15 is 0 Å². The zero-order valence-corrected chi connectivity index (χ0v) is 11.2. The molecule has 3 nitrogen and oxygen atoms in total. The molecule has 0 spiro atoms. The standard InChI is InChI=1S/C14H22N2O/c1-14(2,3)11-16(13(17)15-4)10-12-8-6-5-7-9-12/h5-9H,10-11H2,1-4H3,(H,15,17). The third-order valence-electron chi connectivity index (χ3n) is 2.38. The topological polar surface area (TPSA) is 32.3 Å². The third kappa shape index (κ3) is 4.89. The van der Waals surface area contributed by atoms with Crippen LogP contribution in [0.3, 0.4) is 0 Å². The molecule has 2 amide bonds. The monoisotopic (exact) mass is 234 g/mol. The Morgan fingerprint density at radius 2 is 1.82 bits per heavy atom. The van der Waals surface area contributed by atoms with E-state index < -0.39 is 0 Å². The summed E-state index contributed by atoms with van der Waals surface area (Å²) in [6, 6.07) is 10.0. The minimum Gasteiger partial charge on any atom is -0.341 e. The van der Waals surface area contributed by atoms with E-state index in [0.717, 1.165) is 12.1 Å². The molecule has 1 aromatic rings. The molecule has 0 saturated heterocycles. The molecular weight excluding hydrogens is 212 g/mol. The van der Waals surface area contributed by atoms with Crippen LogP contribution in [0.25, 0.3) is 0 Å². The molecule has 0 bridgehead atoms. The van der Waals surface area contributed by atoms with Crippen molar-refractivity contribution in [2.45, 2.75) is 27.3 Å². The fourth-order valence-electron chi connectivity index (χ4n) is 1.73. The second-order valence-corrected chi connectivity index (χ2v) is 5.46. The molecule has 0 radical (unpaired) electrons. The van der Waals surface area contributed by atoms with E-state index in [4.69, 9.17) is 0 Å². The van der Waals surface area contributed by atoms with Crippen molar-refractivity contribution in [1.29, 1.82) is 0 Å². The summed E-state index contributed by atoms with van der Waals surface area (Å²) in [6.07, 6.45) is 0. The maximum atomic E-state index is 11.8. The maximum absolute atomic E-state index is 11.8. The van der Waals surface area contributed by atoms with Crippen LogP contribution in [0, 0.1) is 5.41 Å². The summed E-state index contributed by atoms with van der Waals surface area (Å²) >= 11 is 0. The first-order valence-electron chi connectivity index (χ1n) is 5.93. The van der Waals surface area contributed by atoms with Crippen molar-refractivity contribution in [1.82, 2.24) is 10.2 Å². The Bertz CT molecular complexity index is 354. The van der Waals surface area contributed by atoms with Crippen molar-refractivity contribution >= 4 is 6.03 Å². The molecule has 0 aliphatic heterocycles. The van der Waals surface area contributed by atoms with Gasteiger partial charge in [-0.1, -0.05) is 51.1 Å². The number of rotatable bonds is 3. The van der Waals surface area contributed by atoms with Gasteiger partial charge in [0, 0.05) is 20.1 Å². The van der Waals surface area contributed by atoms with Gasteiger partial charge in [-0.25, -0.2) is 4.79 Å². The van der Waals surface area contributed by atoms with E-state index in [1.807, 2.05) is 35.2 Å². The number of nitrogens with one attached hydrogen (secondary N) is 1. The smallest absolute Gasteiger partial charge is 0.317 e. The van der Waals surface area contributed by atoms with Gasteiger partial charge in [-0.05, 0) is 11.0 Å². The van der Waals surface area contributed by atoms with Gasteiger partial charge >= 0.3 is 6.03 Å². The van der Waals surface area contributed by atoms with Crippen molar-refractivity contribution in [3.63, 3.8) is 0 Å². The quantitative estimate of drug-likeness (QED) is 0.857. The molecule has 0 fully saturated rings. The number of urea groups is 1. The highest BCUT2D eigenvalue weighted by Crippen LogP contribution is 2.17. The van der Waals surface area contributed by atoms with E-state index in [1.165, 1.54) is 0 Å². The number of benzene rings is 1. The van der Waals surface area contributed by atoms with Crippen molar-refractivity contribution < 1.29 is 4.79 Å². The van der Waals surface area contributed by atoms with Gasteiger partial charge in [-0.15, -0.1) is 0 Å². The Labute approximate surface area is 104 Å². The van der Waals surface area contributed by atoms with E-state index in [0.29, 0.717) is 6.54 Å². The van der Waals surface area contributed by atoms with Gasteiger partial charge in [0.15, 0.2) is 0 Å². The molecule has 3 heteroatoms. The Morgan fingerprint density at radius 1 is 1.24 bits per heavy atom. The number of nitrogens with zero attached hydrogens (tertiary/aromatic N) is 1. The maximum Gasteiger partial charge on any atom is 0.317 e. The van der Waals surface area contributed by atoms with Crippen LogP contribution in [0.1, 0.15) is 26.3 Å². The summed E-state index contributed by atoms with van der Waals surface area (Å²) in [5.74, 6) is 0. The Balaban J connectivity index is 2.74. The lowest BCUT2D eigenvalue weighted by molar-refractivity contribution is 0.171. The molecule has 1 aromatic carbocycles. The van der Waals surface area contributed by atoms with Gasteiger partial charge in [0.25, 0.3) is 0 Å². The third-order valence-corrected chi connectivity index (χ3v) is 2.38. The molecule has 94 valence electrons. The SMILES string of the molecule is CNC(=O)N(Cc1ccccc1)CC(C)(C)C. The van der Waals surface area contributed by atoms with Gasteiger partial charge in [-0.3, -0.25) is 0 Å². The summed E-state index contributed by atoms with van der Waals surface area (Å²) in [6.45, 7) is 7.79. The molecule has 0 saturated carbocycles. The fourth-order valence-corrected chi connectivity index (χ4v) is 1.73. The lowest BCUT2D eigenvalue weighted by Crippen LogP contribution is -2.42. The molecule has 0 aromatic heterocycles. The minimum absolute atomic E-state index is 0.0243. The number of carbonyl (C=O) groups is 1. The highest BCUT2D eigenvalue weighted by Gasteiger charge is 2.20. The molecular formula is C14H22N2O. The molecule has 0 aliphatic rings. The number of hydrogen-bond acceptors (Lipinski definition) is 1. The van der Waals surface area contributed by atoms with Crippen LogP contribution < -0.4 is 5.32 Å². The molecule has 17 heavy (non-hydrogen) atoms. The first-order valence-corrected chi connectivity index (χ1v) is 5.93. The second-order valence-electron chi connectivity index (χ2n) is 5.46. The highest BCUT2D eigenvalue weighted by atomic mass is 16.2. The van der Waals surface area contributed by atoms with Crippen molar-refractivity contribution in [2.24, 2.45) is 5.41 Å². The molecule has 0 unspecified atom stereocenters. The van der Waals surface area contributed by atoms with E-state index in [-0.39, 0.29) is 11.4 Å². The number of hydrogen-bond donors (Lipinski definition) is 1. The first kappa shape index (κ1) is 13.6. The van der Waals surface area contributed by atoms with Crippen LogP contribution in [0.2, 0.25) is 0 Å². The summed E-state index contributed by atoms with van der Waals surface area (Å²) in [5, 5.41) is 2.69. The van der Waals surface area contributed by atoms with Crippen LogP contribution >= 0.6 is 0 Å². The summed E-state index contributed by atoms with van der Waals surface area (Å²) in [7, 11) is 1.67. The molecule has 0 atom stereocenters. The van der Waals surface area contributed by atoms with Crippen LogP contribution in [0.15, 0.2) is 30.3 Å². The molecule has 0 heterocycles. The Kier molecular flexibility index (Phi) is 4.55. The van der Waals surface area contributed by atoms with Crippen LogP contribution in [-0.2, 0) is 6.54 Å². The van der Waals surface area contributed by atoms with Crippen LogP contribution in [0.4, 0.5) is 4.79 Å². The van der Waals surface area contributed by atoms with Gasteiger partial charge in [0.1, 0.15) is 0 Å². The van der Waals surface area contributed by atoms with Crippen molar-refractivity contribution in [3.8, 4) is 0 Å². The molecule has 1 rings (SSSR count). The highest BCUT2D eigenvalue weighted by molar-refractivity contribution is 5.73. The normalized spacial score (nSPS) is 11.1. The summed E-state index contributed by atoms with van der Waals surface area (Å²) in [5.41, 5.74) is 1.25. The minimum atomic E-state index is -0.0243. The van der Waals surface area contributed by atoms with E-state index in [9.17, 15) is 4.79 Å². The fraction of sp³-hybridized carbons (Fsp3) is 0.500. The number of carbonyl (C=O) groups excluding carboxylic acids is 1. The molecule has 1 N–H and O–H groups in total. The number of amides is 2.